The Balaban J connectivity index is 0.00000242. The highest BCUT2D eigenvalue weighted by molar-refractivity contribution is 5.85. The van der Waals surface area contributed by atoms with Crippen molar-refractivity contribution in [1.29, 1.82) is 0 Å². The number of ether oxygens (including phenoxy) is 1. The number of halogens is 1. The third kappa shape index (κ3) is 5.48. The first-order chi connectivity index (χ1) is 10.2. The largest absolute Gasteiger partial charge is 0.493 e. The second-order valence-corrected chi connectivity index (χ2v) is 6.43. The van der Waals surface area contributed by atoms with Gasteiger partial charge in [0.25, 0.3) is 0 Å². The zero-order valence-electron chi connectivity index (χ0n) is 14.1. The van der Waals surface area contributed by atoms with E-state index in [2.05, 4.69) is 32.0 Å². The van der Waals surface area contributed by atoms with Crippen LogP contribution >= 0.6 is 12.4 Å². The lowest BCUT2D eigenvalue weighted by Gasteiger charge is -2.25. The normalized spacial score (nSPS) is 16.9. The van der Waals surface area contributed by atoms with Crippen LogP contribution in [-0.4, -0.2) is 12.6 Å². The van der Waals surface area contributed by atoms with Crippen molar-refractivity contribution in [2.45, 2.75) is 77.2 Å². The molecular weight excluding hydrogens is 294 g/mol. The van der Waals surface area contributed by atoms with Crippen LogP contribution in [-0.2, 0) is 6.42 Å². The second-order valence-electron chi connectivity index (χ2n) is 6.43. The smallest absolute Gasteiger partial charge is 0.122 e. The first-order valence-electron chi connectivity index (χ1n) is 8.75. The van der Waals surface area contributed by atoms with Crippen molar-refractivity contribution in [3.8, 4) is 5.75 Å². The van der Waals surface area contributed by atoms with Crippen LogP contribution in [0.1, 0.15) is 75.8 Å². The van der Waals surface area contributed by atoms with Crippen molar-refractivity contribution in [3.05, 3.63) is 29.3 Å². The molecule has 1 saturated carbocycles. The Labute approximate surface area is 142 Å². The maximum absolute atomic E-state index is 6.12. The van der Waals surface area contributed by atoms with Gasteiger partial charge >= 0.3 is 0 Å². The molecule has 2 nitrogen and oxygen atoms in total. The molecule has 1 fully saturated rings. The van der Waals surface area contributed by atoms with Crippen LogP contribution in [0.5, 0.6) is 5.75 Å². The summed E-state index contributed by atoms with van der Waals surface area (Å²) in [6, 6.07) is 7.02. The van der Waals surface area contributed by atoms with E-state index in [4.69, 9.17) is 10.5 Å². The summed E-state index contributed by atoms with van der Waals surface area (Å²) >= 11 is 0. The fourth-order valence-electron chi connectivity index (χ4n) is 3.25. The van der Waals surface area contributed by atoms with E-state index in [-0.39, 0.29) is 18.4 Å². The van der Waals surface area contributed by atoms with Gasteiger partial charge in [0.2, 0.25) is 0 Å². The molecule has 1 aromatic rings. The number of hydrogen-bond donors (Lipinski definition) is 1. The first-order valence-corrected chi connectivity index (χ1v) is 8.75. The fourth-order valence-corrected chi connectivity index (χ4v) is 3.25. The molecule has 0 spiro atoms. The maximum atomic E-state index is 6.12. The summed E-state index contributed by atoms with van der Waals surface area (Å²) in [5.41, 5.74) is 8.92. The average Bonchev–Trinajstić information content (AvgIpc) is 2.54. The number of rotatable bonds is 7. The quantitative estimate of drug-likeness (QED) is 0.745. The van der Waals surface area contributed by atoms with Crippen LogP contribution in [0.15, 0.2) is 18.2 Å². The van der Waals surface area contributed by atoms with Gasteiger partial charge in [-0.3, -0.25) is 0 Å². The Bertz CT molecular complexity index is 429. The molecular formula is C19H32ClNO. The van der Waals surface area contributed by atoms with Crippen molar-refractivity contribution in [1.82, 2.24) is 0 Å². The van der Waals surface area contributed by atoms with Crippen molar-refractivity contribution in [3.63, 3.8) is 0 Å². The zero-order chi connectivity index (χ0) is 15.1. The molecule has 0 heterocycles. The molecule has 2 rings (SSSR count). The van der Waals surface area contributed by atoms with Crippen LogP contribution in [0.2, 0.25) is 0 Å². The minimum Gasteiger partial charge on any atom is -0.493 e. The molecule has 1 atom stereocenters. The van der Waals surface area contributed by atoms with E-state index in [1.165, 1.54) is 43.2 Å². The van der Waals surface area contributed by atoms with Gasteiger partial charge in [-0.25, -0.2) is 0 Å². The summed E-state index contributed by atoms with van der Waals surface area (Å²) in [5, 5.41) is 0. The van der Waals surface area contributed by atoms with Crippen molar-refractivity contribution >= 4 is 12.4 Å². The van der Waals surface area contributed by atoms with Crippen LogP contribution in [0.25, 0.3) is 0 Å². The van der Waals surface area contributed by atoms with Gasteiger partial charge in [-0.15, -0.1) is 12.4 Å². The topological polar surface area (TPSA) is 35.2 Å². The molecule has 2 N–H and O–H groups in total. The van der Waals surface area contributed by atoms with Gasteiger partial charge in [0.15, 0.2) is 0 Å². The van der Waals surface area contributed by atoms with Crippen molar-refractivity contribution in [2.24, 2.45) is 5.73 Å². The summed E-state index contributed by atoms with van der Waals surface area (Å²) in [6.45, 7) is 5.13. The highest BCUT2D eigenvalue weighted by atomic mass is 35.5. The molecule has 126 valence electrons. The molecule has 3 heteroatoms. The lowest BCUT2D eigenvalue weighted by Crippen LogP contribution is -2.21. The molecule has 0 radical (unpaired) electrons. The first kappa shape index (κ1) is 19.3. The van der Waals surface area contributed by atoms with Gasteiger partial charge in [0.1, 0.15) is 5.75 Å². The fraction of sp³-hybridized carbons (Fsp3) is 0.684. The second kappa shape index (κ2) is 10.1. The van der Waals surface area contributed by atoms with Crippen LogP contribution in [0.3, 0.4) is 0 Å². The Morgan fingerprint density at radius 2 is 1.91 bits per heavy atom. The Morgan fingerprint density at radius 3 is 2.55 bits per heavy atom. The summed E-state index contributed by atoms with van der Waals surface area (Å²) < 4.78 is 5.99. The Hall–Kier alpha value is -0.730. The molecule has 0 aliphatic heterocycles. The minimum atomic E-state index is 0. The van der Waals surface area contributed by atoms with Crippen LogP contribution < -0.4 is 10.5 Å². The Kier molecular flexibility index (Phi) is 8.89. The zero-order valence-corrected chi connectivity index (χ0v) is 15.0. The van der Waals surface area contributed by atoms with E-state index in [0.29, 0.717) is 5.92 Å². The predicted octanol–water partition coefficient (Wildman–Crippen LogP) is 5.22. The van der Waals surface area contributed by atoms with Crippen LogP contribution in [0.4, 0.5) is 0 Å². The summed E-state index contributed by atoms with van der Waals surface area (Å²) in [4.78, 5) is 0. The van der Waals surface area contributed by atoms with E-state index < -0.39 is 0 Å². The van der Waals surface area contributed by atoms with Gasteiger partial charge < -0.3 is 10.5 Å². The number of benzene rings is 1. The summed E-state index contributed by atoms with van der Waals surface area (Å²) in [5.74, 6) is 1.79. The van der Waals surface area contributed by atoms with Gasteiger partial charge in [-0.1, -0.05) is 45.2 Å². The van der Waals surface area contributed by atoms with Gasteiger partial charge in [-0.05, 0) is 55.2 Å². The van der Waals surface area contributed by atoms with Gasteiger partial charge in [-0.2, -0.15) is 0 Å². The third-order valence-corrected chi connectivity index (χ3v) is 4.60. The lowest BCUT2D eigenvalue weighted by atomic mass is 9.82. The average molecular weight is 326 g/mol. The highest BCUT2D eigenvalue weighted by Gasteiger charge is 2.20. The summed E-state index contributed by atoms with van der Waals surface area (Å²) in [7, 11) is 0. The van der Waals surface area contributed by atoms with Crippen LogP contribution in [0, 0.1) is 0 Å². The number of nitrogens with two attached hydrogens (primary N) is 1. The monoisotopic (exact) mass is 325 g/mol. The Morgan fingerprint density at radius 1 is 1.18 bits per heavy atom. The van der Waals surface area contributed by atoms with E-state index in [1.807, 2.05) is 0 Å². The SMILES string of the molecule is CCCOc1ccc(CC(N)CC)cc1C1CCCCC1.Cl. The van der Waals surface area contributed by atoms with E-state index >= 15 is 0 Å². The minimum absolute atomic E-state index is 0. The van der Waals surface area contributed by atoms with Crippen molar-refractivity contribution in [2.75, 3.05) is 6.61 Å². The molecule has 1 unspecified atom stereocenters. The molecule has 1 aliphatic carbocycles. The highest BCUT2D eigenvalue weighted by Crippen LogP contribution is 2.38. The third-order valence-electron chi connectivity index (χ3n) is 4.60. The standard InChI is InChI=1S/C19H31NO.ClH/c1-3-12-21-19-11-10-15(13-17(20)4-2)14-18(19)16-8-6-5-7-9-16;/h10-11,14,16-17H,3-9,12-13,20H2,1-2H3;1H. The van der Waals surface area contributed by atoms with E-state index in [9.17, 15) is 0 Å². The van der Waals surface area contributed by atoms with Crippen molar-refractivity contribution < 1.29 is 4.74 Å². The van der Waals surface area contributed by atoms with Gasteiger partial charge in [0, 0.05) is 6.04 Å². The number of hydrogen-bond acceptors (Lipinski definition) is 2. The van der Waals surface area contributed by atoms with E-state index in [1.54, 1.807) is 0 Å². The van der Waals surface area contributed by atoms with E-state index in [0.717, 1.165) is 31.6 Å². The molecule has 1 aliphatic rings. The predicted molar refractivity (Wildman–Crippen MR) is 97.3 cm³/mol. The molecule has 22 heavy (non-hydrogen) atoms. The molecule has 1 aromatic carbocycles. The molecule has 0 bridgehead atoms. The maximum Gasteiger partial charge on any atom is 0.122 e. The summed E-state index contributed by atoms with van der Waals surface area (Å²) in [6.07, 6.45) is 9.80. The lowest BCUT2D eigenvalue weighted by molar-refractivity contribution is 0.307. The molecule has 0 saturated heterocycles. The molecule has 0 aromatic heterocycles. The van der Waals surface area contributed by atoms with Gasteiger partial charge in [0.05, 0.1) is 6.61 Å². The molecule has 0 amide bonds.